The van der Waals surface area contributed by atoms with E-state index < -0.39 is 0 Å². The monoisotopic (exact) mass is 280 g/mol. The van der Waals surface area contributed by atoms with Gasteiger partial charge >= 0.3 is 0 Å². The first kappa shape index (κ1) is 16.3. The van der Waals surface area contributed by atoms with Gasteiger partial charge in [0.25, 0.3) is 0 Å². The number of rotatable bonds is 3. The number of nitrogens with zero attached hydrogens (tertiary/aromatic N) is 1. The first-order valence-corrected chi connectivity index (χ1v) is 8.64. The molecule has 0 bridgehead atoms. The first-order chi connectivity index (χ1) is 9.15. The van der Waals surface area contributed by atoms with Crippen LogP contribution in [0.3, 0.4) is 0 Å². The van der Waals surface area contributed by atoms with Gasteiger partial charge in [-0.1, -0.05) is 20.8 Å². The molecule has 0 amide bonds. The smallest absolute Gasteiger partial charge is 0.00966 e. The van der Waals surface area contributed by atoms with Gasteiger partial charge in [-0.05, 0) is 63.7 Å². The Bertz CT molecular complexity index is 296. The summed E-state index contributed by atoms with van der Waals surface area (Å²) in [7, 11) is 0. The molecule has 2 aliphatic rings. The fourth-order valence-electron chi connectivity index (χ4n) is 3.79. The van der Waals surface area contributed by atoms with Gasteiger partial charge in [0.15, 0.2) is 0 Å². The van der Waals surface area contributed by atoms with Crippen molar-refractivity contribution >= 4 is 0 Å². The molecule has 0 unspecified atom stereocenters. The van der Waals surface area contributed by atoms with Crippen molar-refractivity contribution in [3.63, 3.8) is 0 Å². The van der Waals surface area contributed by atoms with Crippen LogP contribution in [0.1, 0.15) is 67.2 Å². The SMILES string of the molecule is CC(C)(C)NCC1CN(C2CCC(C(C)(C)C)CC2)C1. The molecule has 0 radical (unpaired) electrons. The van der Waals surface area contributed by atoms with Crippen LogP contribution in [0.15, 0.2) is 0 Å². The lowest BCUT2D eigenvalue weighted by atomic mass is 9.70. The Morgan fingerprint density at radius 2 is 1.45 bits per heavy atom. The second-order valence-corrected chi connectivity index (χ2v) is 9.32. The van der Waals surface area contributed by atoms with Crippen LogP contribution in [0, 0.1) is 17.3 Å². The summed E-state index contributed by atoms with van der Waals surface area (Å²) in [5.74, 6) is 1.83. The Hall–Kier alpha value is -0.0800. The number of hydrogen-bond donors (Lipinski definition) is 1. The van der Waals surface area contributed by atoms with Gasteiger partial charge < -0.3 is 5.32 Å². The molecule has 2 nitrogen and oxygen atoms in total. The summed E-state index contributed by atoms with van der Waals surface area (Å²) in [6.07, 6.45) is 5.74. The third-order valence-corrected chi connectivity index (χ3v) is 5.34. The van der Waals surface area contributed by atoms with Crippen molar-refractivity contribution in [2.75, 3.05) is 19.6 Å². The molecule has 2 heteroatoms. The summed E-state index contributed by atoms with van der Waals surface area (Å²) < 4.78 is 0. The molecule has 0 spiro atoms. The van der Waals surface area contributed by atoms with Crippen molar-refractivity contribution in [3.8, 4) is 0 Å². The van der Waals surface area contributed by atoms with Crippen LogP contribution in [-0.2, 0) is 0 Å². The van der Waals surface area contributed by atoms with Crippen molar-refractivity contribution in [2.45, 2.75) is 78.8 Å². The Morgan fingerprint density at radius 3 is 1.90 bits per heavy atom. The van der Waals surface area contributed by atoms with Crippen molar-refractivity contribution in [2.24, 2.45) is 17.3 Å². The molecule has 1 saturated carbocycles. The molecule has 2 rings (SSSR count). The van der Waals surface area contributed by atoms with Crippen molar-refractivity contribution in [3.05, 3.63) is 0 Å². The standard InChI is InChI=1S/C18H36N2/c1-17(2,3)15-7-9-16(10-8-15)20-12-14(13-20)11-19-18(4,5)6/h14-16,19H,7-13H2,1-6H3. The lowest BCUT2D eigenvalue weighted by Gasteiger charge is -2.48. The van der Waals surface area contributed by atoms with E-state index in [1.165, 1.54) is 45.3 Å². The van der Waals surface area contributed by atoms with Gasteiger partial charge in [0.2, 0.25) is 0 Å². The summed E-state index contributed by atoms with van der Waals surface area (Å²) in [5.41, 5.74) is 0.782. The van der Waals surface area contributed by atoms with Crippen LogP contribution < -0.4 is 5.32 Å². The Labute approximate surface area is 126 Å². The second kappa shape index (κ2) is 5.96. The summed E-state index contributed by atoms with van der Waals surface area (Å²) >= 11 is 0. The zero-order valence-electron chi connectivity index (χ0n) is 14.6. The normalized spacial score (nSPS) is 30.3. The topological polar surface area (TPSA) is 15.3 Å². The Morgan fingerprint density at radius 1 is 0.900 bits per heavy atom. The van der Waals surface area contributed by atoms with E-state index in [-0.39, 0.29) is 5.54 Å². The maximum Gasteiger partial charge on any atom is 0.00966 e. The fraction of sp³-hybridized carbons (Fsp3) is 1.00. The van der Waals surface area contributed by atoms with E-state index in [1.807, 2.05) is 0 Å². The van der Waals surface area contributed by atoms with Gasteiger partial charge in [-0.15, -0.1) is 0 Å². The zero-order valence-corrected chi connectivity index (χ0v) is 14.6. The van der Waals surface area contributed by atoms with Crippen LogP contribution in [-0.4, -0.2) is 36.1 Å². The third kappa shape index (κ3) is 4.46. The quantitative estimate of drug-likeness (QED) is 0.843. The molecule has 0 aromatic heterocycles. The molecule has 1 aliphatic heterocycles. The van der Waals surface area contributed by atoms with Crippen LogP contribution >= 0.6 is 0 Å². The number of likely N-dealkylation sites (tertiary alicyclic amines) is 1. The number of nitrogens with one attached hydrogen (secondary N) is 1. The molecule has 0 atom stereocenters. The zero-order chi connectivity index (χ0) is 15.0. The second-order valence-electron chi connectivity index (χ2n) is 9.32. The van der Waals surface area contributed by atoms with E-state index in [4.69, 9.17) is 0 Å². The summed E-state index contributed by atoms with van der Waals surface area (Å²) in [4.78, 5) is 2.74. The highest BCUT2D eigenvalue weighted by molar-refractivity contribution is 4.91. The molecule has 1 heterocycles. The molecule has 1 aliphatic carbocycles. The third-order valence-electron chi connectivity index (χ3n) is 5.34. The minimum Gasteiger partial charge on any atom is -0.312 e. The average Bonchev–Trinajstić information content (AvgIpc) is 2.24. The van der Waals surface area contributed by atoms with Gasteiger partial charge in [0.05, 0.1) is 0 Å². The lowest BCUT2D eigenvalue weighted by Crippen LogP contribution is -2.57. The molecule has 118 valence electrons. The van der Waals surface area contributed by atoms with E-state index in [2.05, 4.69) is 51.8 Å². The van der Waals surface area contributed by atoms with Crippen molar-refractivity contribution in [1.82, 2.24) is 10.2 Å². The van der Waals surface area contributed by atoms with Crippen molar-refractivity contribution < 1.29 is 0 Å². The lowest BCUT2D eigenvalue weighted by molar-refractivity contribution is 0.0146. The molecular weight excluding hydrogens is 244 g/mol. The highest BCUT2D eigenvalue weighted by Crippen LogP contribution is 2.40. The van der Waals surface area contributed by atoms with Gasteiger partial charge in [-0.25, -0.2) is 0 Å². The number of hydrogen-bond acceptors (Lipinski definition) is 2. The van der Waals surface area contributed by atoms with Crippen molar-refractivity contribution in [1.29, 1.82) is 0 Å². The maximum absolute atomic E-state index is 3.65. The van der Waals surface area contributed by atoms with E-state index >= 15 is 0 Å². The van der Waals surface area contributed by atoms with Gasteiger partial charge in [0.1, 0.15) is 0 Å². The van der Waals surface area contributed by atoms with E-state index in [0.717, 1.165) is 17.9 Å². The Kier molecular flexibility index (Phi) is 4.86. The van der Waals surface area contributed by atoms with E-state index in [9.17, 15) is 0 Å². The predicted octanol–water partition coefficient (Wildman–Crippen LogP) is 3.91. The first-order valence-electron chi connectivity index (χ1n) is 8.64. The van der Waals surface area contributed by atoms with Gasteiger partial charge in [0, 0.05) is 31.2 Å². The summed E-state index contributed by atoms with van der Waals surface area (Å²) in [6, 6.07) is 0.888. The van der Waals surface area contributed by atoms with Crippen LogP contribution in [0.5, 0.6) is 0 Å². The average molecular weight is 281 g/mol. The molecular formula is C18H36N2. The van der Waals surface area contributed by atoms with E-state index in [1.54, 1.807) is 0 Å². The molecule has 0 aromatic rings. The predicted molar refractivity (Wildman–Crippen MR) is 88.0 cm³/mol. The van der Waals surface area contributed by atoms with Crippen LogP contribution in [0.25, 0.3) is 0 Å². The van der Waals surface area contributed by atoms with Gasteiger partial charge in [-0.3, -0.25) is 4.90 Å². The minimum atomic E-state index is 0.269. The molecule has 20 heavy (non-hydrogen) atoms. The fourth-order valence-corrected chi connectivity index (χ4v) is 3.79. The summed E-state index contributed by atoms with van der Waals surface area (Å²) in [6.45, 7) is 17.9. The summed E-state index contributed by atoms with van der Waals surface area (Å²) in [5, 5.41) is 3.65. The van der Waals surface area contributed by atoms with Crippen LogP contribution in [0.4, 0.5) is 0 Å². The van der Waals surface area contributed by atoms with Gasteiger partial charge in [-0.2, -0.15) is 0 Å². The molecule has 2 fully saturated rings. The minimum absolute atomic E-state index is 0.269. The highest BCUT2D eigenvalue weighted by Gasteiger charge is 2.36. The molecule has 0 aromatic carbocycles. The molecule has 1 saturated heterocycles. The Balaban J connectivity index is 1.65. The van der Waals surface area contributed by atoms with Crippen LogP contribution in [0.2, 0.25) is 0 Å². The highest BCUT2D eigenvalue weighted by atomic mass is 15.2. The largest absolute Gasteiger partial charge is 0.312 e. The molecule has 1 N–H and O–H groups in total. The maximum atomic E-state index is 3.65. The van der Waals surface area contributed by atoms with E-state index in [0.29, 0.717) is 5.41 Å².